The fraction of sp³-hybridized carbons (Fsp3) is 0.818. The molecule has 1 unspecified atom stereocenters. The van der Waals surface area contributed by atoms with Crippen LogP contribution in [0.1, 0.15) is 25.7 Å². The number of hydrogen-bond donors (Lipinski definition) is 2. The van der Waals surface area contributed by atoms with Crippen molar-refractivity contribution in [3.05, 3.63) is 0 Å². The summed E-state index contributed by atoms with van der Waals surface area (Å²) in [4.78, 5) is 24.7. The Morgan fingerprint density at radius 1 is 1.41 bits per heavy atom. The van der Waals surface area contributed by atoms with Crippen LogP contribution >= 0.6 is 0 Å². The maximum Gasteiger partial charge on any atom is 0.253 e. The van der Waals surface area contributed by atoms with Gasteiger partial charge >= 0.3 is 0 Å². The summed E-state index contributed by atoms with van der Waals surface area (Å²) in [6, 6.07) is 0.0965. The lowest BCUT2D eigenvalue weighted by Gasteiger charge is -2.30. The number of carbonyl (C=O) groups is 2. The van der Waals surface area contributed by atoms with Gasteiger partial charge in [-0.3, -0.25) is 9.59 Å². The minimum absolute atomic E-state index is 0.0522. The molecule has 0 aromatic rings. The largest absolute Gasteiger partial charge is 0.370 e. The number of amides is 2. The number of nitrogens with zero attached hydrogens (tertiary/aromatic N) is 1. The van der Waals surface area contributed by atoms with E-state index >= 15 is 0 Å². The van der Waals surface area contributed by atoms with Crippen LogP contribution in [0.15, 0.2) is 0 Å². The SMILES string of the molecule is COC(CN)C(=O)N(CC(N)=O)C1CCCC1. The zero-order valence-corrected chi connectivity index (χ0v) is 10.2. The zero-order chi connectivity index (χ0) is 12.8. The molecule has 0 aromatic heterocycles. The summed E-state index contributed by atoms with van der Waals surface area (Å²) in [5, 5.41) is 0. The lowest BCUT2D eigenvalue weighted by atomic mass is 10.1. The minimum Gasteiger partial charge on any atom is -0.370 e. The van der Waals surface area contributed by atoms with Crippen molar-refractivity contribution < 1.29 is 14.3 Å². The maximum atomic E-state index is 12.1. The van der Waals surface area contributed by atoms with Gasteiger partial charge in [0, 0.05) is 19.7 Å². The molecule has 2 amide bonds. The van der Waals surface area contributed by atoms with Gasteiger partial charge in [-0.15, -0.1) is 0 Å². The number of nitrogens with two attached hydrogens (primary N) is 2. The summed E-state index contributed by atoms with van der Waals surface area (Å²) < 4.78 is 5.02. The molecule has 98 valence electrons. The van der Waals surface area contributed by atoms with Crippen LogP contribution in [0.3, 0.4) is 0 Å². The molecule has 1 fully saturated rings. The van der Waals surface area contributed by atoms with Gasteiger partial charge in [0.05, 0.1) is 6.54 Å². The number of rotatable bonds is 6. The molecule has 0 bridgehead atoms. The monoisotopic (exact) mass is 243 g/mol. The molecule has 1 aliphatic rings. The summed E-state index contributed by atoms with van der Waals surface area (Å²) in [5.74, 6) is -0.738. The molecule has 17 heavy (non-hydrogen) atoms. The highest BCUT2D eigenvalue weighted by Crippen LogP contribution is 2.24. The summed E-state index contributed by atoms with van der Waals surface area (Å²) in [6.07, 6.45) is 3.30. The highest BCUT2D eigenvalue weighted by Gasteiger charge is 2.31. The van der Waals surface area contributed by atoms with E-state index in [0.717, 1.165) is 25.7 Å². The quantitative estimate of drug-likeness (QED) is 0.639. The molecule has 6 nitrogen and oxygen atoms in total. The topological polar surface area (TPSA) is 98.7 Å². The Hall–Kier alpha value is -1.14. The normalized spacial score (nSPS) is 18.0. The Bertz CT molecular complexity index is 273. The van der Waals surface area contributed by atoms with E-state index in [1.807, 2.05) is 0 Å². The smallest absolute Gasteiger partial charge is 0.253 e. The van der Waals surface area contributed by atoms with Gasteiger partial charge in [-0.2, -0.15) is 0 Å². The number of primary amides is 1. The lowest BCUT2D eigenvalue weighted by molar-refractivity contribution is -0.146. The number of hydrogen-bond acceptors (Lipinski definition) is 4. The summed E-state index contributed by atoms with van der Waals surface area (Å²) in [7, 11) is 1.44. The second-order valence-electron chi connectivity index (χ2n) is 4.33. The van der Waals surface area contributed by atoms with Gasteiger partial charge in [0.15, 0.2) is 0 Å². The van der Waals surface area contributed by atoms with Crippen LogP contribution in [0.2, 0.25) is 0 Å². The molecule has 1 saturated carbocycles. The molecule has 6 heteroatoms. The van der Waals surface area contributed by atoms with E-state index in [-0.39, 0.29) is 25.0 Å². The van der Waals surface area contributed by atoms with Gasteiger partial charge in [0.1, 0.15) is 6.10 Å². The van der Waals surface area contributed by atoms with Crippen LogP contribution in [0.5, 0.6) is 0 Å². The third-order valence-corrected chi connectivity index (χ3v) is 3.15. The molecule has 4 N–H and O–H groups in total. The highest BCUT2D eigenvalue weighted by atomic mass is 16.5. The third-order valence-electron chi connectivity index (χ3n) is 3.15. The number of methoxy groups -OCH3 is 1. The van der Waals surface area contributed by atoms with E-state index in [9.17, 15) is 9.59 Å². The van der Waals surface area contributed by atoms with Crippen LogP contribution < -0.4 is 11.5 Å². The van der Waals surface area contributed by atoms with Crippen molar-refractivity contribution in [2.75, 3.05) is 20.2 Å². The van der Waals surface area contributed by atoms with Crippen molar-refractivity contribution >= 4 is 11.8 Å². The van der Waals surface area contributed by atoms with Crippen molar-refractivity contribution in [2.24, 2.45) is 11.5 Å². The zero-order valence-electron chi connectivity index (χ0n) is 10.2. The number of ether oxygens (including phenoxy) is 1. The first-order chi connectivity index (χ1) is 8.10. The molecule has 0 spiro atoms. The molecular weight excluding hydrogens is 222 g/mol. The van der Waals surface area contributed by atoms with Crippen molar-refractivity contribution in [3.8, 4) is 0 Å². The van der Waals surface area contributed by atoms with Gasteiger partial charge < -0.3 is 21.1 Å². The van der Waals surface area contributed by atoms with E-state index in [4.69, 9.17) is 16.2 Å². The minimum atomic E-state index is -0.685. The summed E-state index contributed by atoms with van der Waals surface area (Å²) >= 11 is 0. The fourth-order valence-corrected chi connectivity index (χ4v) is 2.25. The Morgan fingerprint density at radius 3 is 2.41 bits per heavy atom. The van der Waals surface area contributed by atoms with E-state index in [1.165, 1.54) is 12.0 Å². The van der Waals surface area contributed by atoms with Crippen molar-refractivity contribution in [1.82, 2.24) is 4.90 Å². The molecule has 0 heterocycles. The predicted molar refractivity (Wildman–Crippen MR) is 63.0 cm³/mol. The van der Waals surface area contributed by atoms with Crippen LogP contribution in [-0.4, -0.2) is 49.1 Å². The van der Waals surface area contributed by atoms with E-state index in [0.29, 0.717) is 0 Å². The maximum absolute atomic E-state index is 12.1. The predicted octanol–water partition coefficient (Wildman–Crippen LogP) is -0.783. The molecule has 0 saturated heterocycles. The molecule has 0 radical (unpaired) electrons. The Morgan fingerprint density at radius 2 is 2.00 bits per heavy atom. The average molecular weight is 243 g/mol. The number of carbonyl (C=O) groups excluding carboxylic acids is 2. The third kappa shape index (κ3) is 3.67. The second-order valence-corrected chi connectivity index (χ2v) is 4.33. The van der Waals surface area contributed by atoms with Crippen molar-refractivity contribution in [1.29, 1.82) is 0 Å². The molecule has 1 rings (SSSR count). The van der Waals surface area contributed by atoms with Crippen LogP contribution in [0.4, 0.5) is 0 Å². The van der Waals surface area contributed by atoms with Gasteiger partial charge in [0.25, 0.3) is 5.91 Å². The van der Waals surface area contributed by atoms with Crippen LogP contribution in [0, 0.1) is 0 Å². The molecule has 1 atom stereocenters. The van der Waals surface area contributed by atoms with E-state index < -0.39 is 12.0 Å². The van der Waals surface area contributed by atoms with E-state index in [1.54, 1.807) is 0 Å². The second kappa shape index (κ2) is 6.56. The lowest BCUT2D eigenvalue weighted by Crippen LogP contribution is -2.50. The van der Waals surface area contributed by atoms with E-state index in [2.05, 4.69) is 0 Å². The average Bonchev–Trinajstić information content (AvgIpc) is 2.80. The van der Waals surface area contributed by atoms with Gasteiger partial charge in [-0.25, -0.2) is 0 Å². The molecular formula is C11H21N3O3. The highest BCUT2D eigenvalue weighted by molar-refractivity contribution is 5.86. The standard InChI is InChI=1S/C11H21N3O3/c1-17-9(6-12)11(16)14(7-10(13)15)8-4-2-3-5-8/h8-9H,2-7,12H2,1H3,(H2,13,15). The first kappa shape index (κ1) is 13.9. The Balaban J connectivity index is 2.73. The molecule has 0 aliphatic heterocycles. The summed E-state index contributed by atoms with van der Waals surface area (Å²) in [6.45, 7) is 0.0562. The fourth-order valence-electron chi connectivity index (χ4n) is 2.25. The van der Waals surface area contributed by atoms with Crippen molar-refractivity contribution in [2.45, 2.75) is 37.8 Å². The summed E-state index contributed by atoms with van der Waals surface area (Å²) in [5.41, 5.74) is 10.6. The molecule has 0 aromatic carbocycles. The van der Waals surface area contributed by atoms with Gasteiger partial charge in [-0.1, -0.05) is 12.8 Å². The Labute approximate surface area is 101 Å². The Kier molecular flexibility index (Phi) is 5.37. The van der Waals surface area contributed by atoms with Crippen LogP contribution in [0.25, 0.3) is 0 Å². The van der Waals surface area contributed by atoms with Gasteiger partial charge in [-0.05, 0) is 12.8 Å². The first-order valence-corrected chi connectivity index (χ1v) is 5.91. The molecule has 1 aliphatic carbocycles. The van der Waals surface area contributed by atoms with Crippen molar-refractivity contribution in [3.63, 3.8) is 0 Å². The van der Waals surface area contributed by atoms with Gasteiger partial charge in [0.2, 0.25) is 5.91 Å². The van der Waals surface area contributed by atoms with Crippen LogP contribution in [-0.2, 0) is 14.3 Å². The first-order valence-electron chi connectivity index (χ1n) is 5.91.